The maximum atomic E-state index is 12.8. The number of carbonyl (C=O) groups is 2. The fourth-order valence-electron chi connectivity index (χ4n) is 4.55. The molecule has 2 aromatic heterocycles. The number of rotatable bonds is 5. The van der Waals surface area contributed by atoms with Crippen LogP contribution in [-0.4, -0.2) is 33.2 Å². The zero-order valence-corrected chi connectivity index (χ0v) is 17.2. The lowest BCUT2D eigenvalue weighted by Gasteiger charge is -2.31. The van der Waals surface area contributed by atoms with E-state index < -0.39 is 11.5 Å². The summed E-state index contributed by atoms with van der Waals surface area (Å²) in [5.41, 5.74) is 2.09. The van der Waals surface area contributed by atoms with Gasteiger partial charge in [0.05, 0.1) is 12.2 Å². The summed E-state index contributed by atoms with van der Waals surface area (Å²) in [7, 11) is 0. The molecule has 1 aliphatic carbocycles. The zero-order chi connectivity index (χ0) is 20.9. The van der Waals surface area contributed by atoms with E-state index in [-0.39, 0.29) is 18.0 Å². The molecule has 2 aliphatic rings. The normalized spacial score (nSPS) is 16.7. The van der Waals surface area contributed by atoms with Gasteiger partial charge in [-0.05, 0) is 48.4 Å². The quantitative estimate of drug-likeness (QED) is 0.795. The lowest BCUT2D eigenvalue weighted by Crippen LogP contribution is -2.40. The third-order valence-corrected chi connectivity index (χ3v) is 6.21. The van der Waals surface area contributed by atoms with Crippen molar-refractivity contribution in [2.45, 2.75) is 58.0 Å². The molecule has 3 heterocycles. The van der Waals surface area contributed by atoms with E-state index in [1.165, 1.54) is 19.3 Å². The van der Waals surface area contributed by atoms with Gasteiger partial charge in [0.2, 0.25) is 5.91 Å². The van der Waals surface area contributed by atoms with Gasteiger partial charge in [0.15, 0.2) is 0 Å². The summed E-state index contributed by atoms with van der Waals surface area (Å²) >= 11 is 0. The summed E-state index contributed by atoms with van der Waals surface area (Å²) < 4.78 is 0. The monoisotopic (exact) mass is 408 g/mol. The molecular formula is C23H28N4O3. The van der Waals surface area contributed by atoms with Crippen LogP contribution in [0.15, 0.2) is 35.4 Å². The molecule has 4 rings (SSSR count). The first-order chi connectivity index (χ1) is 14.6. The highest BCUT2D eigenvalue weighted by Crippen LogP contribution is 2.28. The number of amides is 2. The highest BCUT2D eigenvalue weighted by Gasteiger charge is 2.28. The summed E-state index contributed by atoms with van der Waals surface area (Å²) in [4.78, 5) is 46.7. The number of carbonyl (C=O) groups excluding carboxylic acids is 2. The van der Waals surface area contributed by atoms with Crippen molar-refractivity contribution in [1.29, 1.82) is 0 Å². The largest absolute Gasteiger partial charge is 0.346 e. The number of fused-ring (bicyclic) bond motifs is 1. The second-order valence-corrected chi connectivity index (χ2v) is 8.27. The van der Waals surface area contributed by atoms with Gasteiger partial charge in [-0.25, -0.2) is 0 Å². The fraction of sp³-hybridized carbons (Fsp3) is 0.478. The average Bonchev–Trinajstić information content (AvgIpc) is 2.78. The van der Waals surface area contributed by atoms with Crippen LogP contribution in [0.2, 0.25) is 0 Å². The Morgan fingerprint density at radius 3 is 2.80 bits per heavy atom. The third kappa shape index (κ3) is 4.61. The van der Waals surface area contributed by atoms with Gasteiger partial charge < -0.3 is 15.2 Å². The maximum Gasteiger partial charge on any atom is 0.261 e. The SMILES string of the molecule is O=C(NCc1ccccn1)c1c2c(c[nH]c1=O)CN(C(=O)CC1CCCCC1)CC2. The van der Waals surface area contributed by atoms with Crippen LogP contribution < -0.4 is 10.9 Å². The van der Waals surface area contributed by atoms with E-state index in [4.69, 9.17) is 0 Å². The molecule has 1 saturated carbocycles. The molecule has 0 spiro atoms. The van der Waals surface area contributed by atoms with Gasteiger partial charge in [-0.3, -0.25) is 19.4 Å². The lowest BCUT2D eigenvalue weighted by molar-refractivity contribution is -0.133. The second-order valence-electron chi connectivity index (χ2n) is 8.27. The van der Waals surface area contributed by atoms with Gasteiger partial charge in [0, 0.05) is 31.9 Å². The molecule has 0 bridgehead atoms. The van der Waals surface area contributed by atoms with E-state index in [0.29, 0.717) is 31.8 Å². The number of hydrogen-bond donors (Lipinski definition) is 2. The predicted octanol–water partition coefficient (Wildman–Crippen LogP) is 2.56. The molecule has 2 aromatic rings. The van der Waals surface area contributed by atoms with Crippen molar-refractivity contribution in [1.82, 2.24) is 20.2 Å². The van der Waals surface area contributed by atoms with Crippen LogP contribution in [-0.2, 0) is 24.3 Å². The Morgan fingerprint density at radius 1 is 1.20 bits per heavy atom. The molecule has 30 heavy (non-hydrogen) atoms. The number of H-pyrrole nitrogens is 1. The van der Waals surface area contributed by atoms with E-state index in [0.717, 1.165) is 29.7 Å². The predicted molar refractivity (Wildman–Crippen MR) is 113 cm³/mol. The van der Waals surface area contributed by atoms with E-state index in [1.54, 1.807) is 12.4 Å². The van der Waals surface area contributed by atoms with E-state index in [2.05, 4.69) is 15.3 Å². The Kier molecular flexibility index (Phi) is 6.26. The summed E-state index contributed by atoms with van der Waals surface area (Å²) in [6.07, 6.45) is 10.4. The molecule has 0 unspecified atom stereocenters. The molecule has 0 aromatic carbocycles. The van der Waals surface area contributed by atoms with Crippen molar-refractivity contribution in [3.8, 4) is 0 Å². The molecule has 2 N–H and O–H groups in total. The van der Waals surface area contributed by atoms with Crippen LogP contribution in [0.25, 0.3) is 0 Å². The highest BCUT2D eigenvalue weighted by atomic mass is 16.2. The van der Waals surface area contributed by atoms with E-state index in [9.17, 15) is 14.4 Å². The molecule has 1 aliphatic heterocycles. The highest BCUT2D eigenvalue weighted by molar-refractivity contribution is 5.95. The number of hydrogen-bond acceptors (Lipinski definition) is 4. The summed E-state index contributed by atoms with van der Waals surface area (Å²) in [6.45, 7) is 1.25. The van der Waals surface area contributed by atoms with Crippen molar-refractivity contribution in [2.75, 3.05) is 6.54 Å². The number of nitrogens with one attached hydrogen (secondary N) is 2. The Balaban J connectivity index is 1.44. The molecule has 7 heteroatoms. The van der Waals surface area contributed by atoms with Gasteiger partial charge in [-0.1, -0.05) is 25.3 Å². The Hall–Kier alpha value is -2.96. The molecule has 0 radical (unpaired) electrons. The Morgan fingerprint density at radius 2 is 2.03 bits per heavy atom. The van der Waals surface area contributed by atoms with Gasteiger partial charge in [-0.2, -0.15) is 0 Å². The van der Waals surface area contributed by atoms with Gasteiger partial charge in [0.25, 0.3) is 11.5 Å². The van der Waals surface area contributed by atoms with Crippen molar-refractivity contribution < 1.29 is 9.59 Å². The van der Waals surface area contributed by atoms with Gasteiger partial charge in [-0.15, -0.1) is 0 Å². The van der Waals surface area contributed by atoms with Crippen molar-refractivity contribution >= 4 is 11.8 Å². The molecule has 2 amide bonds. The van der Waals surface area contributed by atoms with E-state index in [1.807, 2.05) is 23.1 Å². The van der Waals surface area contributed by atoms with Crippen molar-refractivity contribution in [3.05, 3.63) is 63.3 Å². The zero-order valence-electron chi connectivity index (χ0n) is 17.2. The van der Waals surface area contributed by atoms with Crippen LogP contribution in [0, 0.1) is 5.92 Å². The van der Waals surface area contributed by atoms with Crippen LogP contribution in [0.3, 0.4) is 0 Å². The summed E-state index contributed by atoms with van der Waals surface area (Å²) in [5, 5.41) is 2.79. The van der Waals surface area contributed by atoms with Gasteiger partial charge in [0.1, 0.15) is 5.56 Å². The number of pyridine rings is 2. The van der Waals surface area contributed by atoms with Crippen LogP contribution in [0.1, 0.15) is 65.7 Å². The lowest BCUT2D eigenvalue weighted by atomic mass is 9.86. The average molecular weight is 409 g/mol. The van der Waals surface area contributed by atoms with Crippen molar-refractivity contribution in [3.63, 3.8) is 0 Å². The smallest absolute Gasteiger partial charge is 0.261 e. The minimum Gasteiger partial charge on any atom is -0.346 e. The van der Waals surface area contributed by atoms with Gasteiger partial charge >= 0.3 is 0 Å². The van der Waals surface area contributed by atoms with Crippen LogP contribution >= 0.6 is 0 Å². The summed E-state index contributed by atoms with van der Waals surface area (Å²) in [5.74, 6) is 0.275. The minimum atomic E-state index is -0.402. The maximum absolute atomic E-state index is 12.8. The number of aromatic amines is 1. The first-order valence-electron chi connectivity index (χ1n) is 10.8. The molecule has 0 atom stereocenters. The Bertz CT molecular complexity index is 964. The fourth-order valence-corrected chi connectivity index (χ4v) is 4.55. The first-order valence-corrected chi connectivity index (χ1v) is 10.8. The molecule has 1 fully saturated rings. The third-order valence-electron chi connectivity index (χ3n) is 6.21. The molecule has 7 nitrogen and oxygen atoms in total. The first kappa shape index (κ1) is 20.3. The number of nitrogens with zero attached hydrogens (tertiary/aromatic N) is 2. The van der Waals surface area contributed by atoms with Crippen LogP contribution in [0.4, 0.5) is 0 Å². The molecule has 0 saturated heterocycles. The number of aromatic nitrogens is 2. The topological polar surface area (TPSA) is 95.2 Å². The Labute approximate surface area is 175 Å². The van der Waals surface area contributed by atoms with Crippen molar-refractivity contribution in [2.24, 2.45) is 5.92 Å². The minimum absolute atomic E-state index is 0.155. The second kappa shape index (κ2) is 9.24. The van der Waals surface area contributed by atoms with Crippen LogP contribution in [0.5, 0.6) is 0 Å². The molecule has 158 valence electrons. The standard InChI is InChI=1S/C23H28N4O3/c28-20(12-16-6-2-1-3-7-16)27-11-9-19-17(15-27)13-25-22(29)21(19)23(30)26-14-18-8-4-5-10-24-18/h4-5,8,10,13,16H,1-3,6-7,9,11-12,14-15H2,(H,25,29)(H,26,30). The molecular weight excluding hydrogens is 380 g/mol. The van der Waals surface area contributed by atoms with E-state index >= 15 is 0 Å². The summed E-state index contributed by atoms with van der Waals surface area (Å²) in [6, 6.07) is 5.48.